The van der Waals surface area contributed by atoms with Crippen LogP contribution in [0.25, 0.3) is 0 Å². The maximum absolute atomic E-state index is 5.81. The van der Waals surface area contributed by atoms with Crippen molar-refractivity contribution in [2.24, 2.45) is 5.92 Å². The molecule has 0 saturated carbocycles. The van der Waals surface area contributed by atoms with Crippen molar-refractivity contribution in [2.75, 3.05) is 0 Å². The largest absolute Gasteiger partial charge is 0.550 e. The molecule has 0 bridgehead atoms. The van der Waals surface area contributed by atoms with Crippen molar-refractivity contribution < 1.29 is 4.43 Å². The Kier molecular flexibility index (Phi) is 3.42. The summed E-state index contributed by atoms with van der Waals surface area (Å²) in [6, 6.07) is 0. The Morgan fingerprint density at radius 2 is 2.15 bits per heavy atom. The predicted octanol–water partition coefficient (Wildman–Crippen LogP) is 2.01. The highest BCUT2D eigenvalue weighted by Gasteiger charge is 2.24. The average Bonchev–Trinajstić information content (AvgIpc) is 2.52. The molecule has 0 spiro atoms. The Morgan fingerprint density at radius 1 is 1.46 bits per heavy atom. The second-order valence-electron chi connectivity index (χ2n) is 4.55. The van der Waals surface area contributed by atoms with Gasteiger partial charge in [0.25, 0.3) is 0 Å². The number of allylic oxidation sites excluding steroid dienone is 1. The molecular weight excluding hydrogens is 175 g/mol. The van der Waals surface area contributed by atoms with Crippen LogP contribution in [0.5, 0.6) is 0 Å². The van der Waals surface area contributed by atoms with Gasteiger partial charge < -0.3 is 4.43 Å². The van der Waals surface area contributed by atoms with E-state index in [1.54, 1.807) is 0 Å². The summed E-state index contributed by atoms with van der Waals surface area (Å²) in [5.74, 6) is 5.80. The molecule has 0 atom stereocenters. The van der Waals surface area contributed by atoms with Gasteiger partial charge in [0.15, 0.2) is 7.28 Å². The Hall–Kier alpha value is -0.438. The molecule has 1 aliphatic heterocycles. The van der Waals surface area contributed by atoms with Crippen LogP contribution in [0, 0.1) is 5.92 Å². The van der Waals surface area contributed by atoms with E-state index in [4.69, 9.17) is 4.43 Å². The van der Waals surface area contributed by atoms with E-state index in [9.17, 15) is 0 Å². The van der Waals surface area contributed by atoms with Gasteiger partial charge in [-0.2, -0.15) is 0 Å². The molecular formula is C10H18BOSi. The van der Waals surface area contributed by atoms with E-state index in [1.807, 2.05) is 25.3 Å². The smallest absolute Gasteiger partial charge is 0.225 e. The fourth-order valence-electron chi connectivity index (χ4n) is 0.889. The van der Waals surface area contributed by atoms with Crippen molar-refractivity contribution in [1.29, 1.82) is 0 Å². The molecule has 1 radical (unpaired) electrons. The third kappa shape index (κ3) is 3.07. The minimum atomic E-state index is -0.477. The van der Waals surface area contributed by atoms with Crippen LogP contribution in [0.1, 0.15) is 27.7 Å². The zero-order chi connectivity index (χ0) is 9.90. The average molecular weight is 193 g/mol. The highest BCUT2D eigenvalue weighted by atomic mass is 28.2. The van der Waals surface area contributed by atoms with Gasteiger partial charge in [-0.1, -0.05) is 33.7 Å². The molecule has 0 saturated heterocycles. The Balaban J connectivity index is 2.37. The summed E-state index contributed by atoms with van der Waals surface area (Å²) in [4.78, 5) is 0. The van der Waals surface area contributed by atoms with Crippen molar-refractivity contribution in [3.05, 3.63) is 23.8 Å². The van der Waals surface area contributed by atoms with Gasteiger partial charge in [-0.05, 0) is 17.0 Å². The van der Waals surface area contributed by atoms with Crippen LogP contribution in [0.4, 0.5) is 0 Å². The first-order valence-electron chi connectivity index (χ1n) is 4.87. The molecule has 71 valence electrons. The summed E-state index contributed by atoms with van der Waals surface area (Å²) in [7, 11) is 1.54. The number of rotatable bonds is 4. The molecule has 0 aliphatic carbocycles. The third-order valence-electron chi connectivity index (χ3n) is 2.81. The molecule has 0 aromatic carbocycles. The van der Waals surface area contributed by atoms with Crippen molar-refractivity contribution in [3.63, 3.8) is 0 Å². The lowest BCUT2D eigenvalue weighted by Crippen LogP contribution is -2.21. The second-order valence-corrected chi connectivity index (χ2v) is 6.95. The van der Waals surface area contributed by atoms with E-state index in [0.29, 0.717) is 11.0 Å². The van der Waals surface area contributed by atoms with Gasteiger partial charge in [0.1, 0.15) is 0 Å². The van der Waals surface area contributed by atoms with Crippen LogP contribution in [-0.2, 0) is 4.43 Å². The second kappa shape index (κ2) is 4.18. The number of hydrogen-bond acceptors (Lipinski definition) is 1. The fourth-order valence-corrected chi connectivity index (χ4v) is 1.95. The Morgan fingerprint density at radius 3 is 2.62 bits per heavy atom. The summed E-state index contributed by atoms with van der Waals surface area (Å²) in [6.07, 6.45) is 2.03. The molecule has 1 rings (SSSR count). The molecule has 1 aliphatic rings. The molecule has 0 aromatic heterocycles. The first kappa shape index (κ1) is 10.6. The van der Waals surface area contributed by atoms with Gasteiger partial charge >= 0.3 is 0 Å². The minimum absolute atomic E-state index is 0.386. The van der Waals surface area contributed by atoms with E-state index >= 15 is 0 Å². The lowest BCUT2D eigenvalue weighted by Gasteiger charge is -2.28. The molecule has 1 nitrogen and oxygen atoms in total. The van der Waals surface area contributed by atoms with Crippen molar-refractivity contribution in [2.45, 2.75) is 32.7 Å². The summed E-state index contributed by atoms with van der Waals surface area (Å²) >= 11 is 0. The Labute approximate surface area is 84.4 Å². The summed E-state index contributed by atoms with van der Waals surface area (Å²) in [5.41, 5.74) is 0. The fraction of sp³-hybridized carbons (Fsp3) is 0.600. The van der Waals surface area contributed by atoms with E-state index < -0.39 is 9.76 Å². The highest BCUT2D eigenvalue weighted by Crippen LogP contribution is 2.33. The van der Waals surface area contributed by atoms with Crippen molar-refractivity contribution >= 4 is 17.0 Å². The van der Waals surface area contributed by atoms with Gasteiger partial charge in [0.2, 0.25) is 9.76 Å². The van der Waals surface area contributed by atoms with E-state index in [0.717, 1.165) is 5.76 Å². The monoisotopic (exact) mass is 193 g/mol. The minimum Gasteiger partial charge on any atom is -0.550 e. The maximum Gasteiger partial charge on any atom is 0.225 e. The summed E-state index contributed by atoms with van der Waals surface area (Å²) in [6.45, 7) is 9.13. The Bertz CT molecular complexity index is 231. The standard InChI is InChI=1S/C10H18BOSi/c1-8(2)10(3,4)13-12-9-5-6-11-7-9/h5-8H,13H2,1-4H3. The normalized spacial score (nSPS) is 16.8. The molecule has 13 heavy (non-hydrogen) atoms. The van der Waals surface area contributed by atoms with Crippen LogP contribution in [0.2, 0.25) is 5.04 Å². The van der Waals surface area contributed by atoms with Crippen molar-refractivity contribution in [1.82, 2.24) is 0 Å². The third-order valence-corrected chi connectivity index (χ3v) is 4.84. The van der Waals surface area contributed by atoms with Crippen LogP contribution in [-0.4, -0.2) is 17.0 Å². The predicted molar refractivity (Wildman–Crippen MR) is 61.5 cm³/mol. The van der Waals surface area contributed by atoms with Gasteiger partial charge in [0, 0.05) is 0 Å². The zero-order valence-electron chi connectivity index (χ0n) is 9.00. The molecule has 0 fully saturated rings. The molecule has 0 N–H and O–H groups in total. The van der Waals surface area contributed by atoms with E-state index in [1.165, 1.54) is 0 Å². The molecule has 0 aromatic rings. The lowest BCUT2D eigenvalue weighted by atomic mass is 9.82. The first-order chi connectivity index (χ1) is 6.02. The molecule has 3 heteroatoms. The molecule has 0 unspecified atom stereocenters. The first-order valence-corrected chi connectivity index (χ1v) is 6.15. The highest BCUT2D eigenvalue weighted by molar-refractivity contribution is 6.50. The van der Waals surface area contributed by atoms with Gasteiger partial charge in [-0.3, -0.25) is 0 Å². The SMILES string of the molecule is CC(C)C(C)(C)[SiH2]OC1=C[B]C=C1. The summed E-state index contributed by atoms with van der Waals surface area (Å²) < 4.78 is 5.81. The van der Waals surface area contributed by atoms with E-state index in [-0.39, 0.29) is 0 Å². The van der Waals surface area contributed by atoms with Crippen LogP contribution >= 0.6 is 0 Å². The quantitative estimate of drug-likeness (QED) is 0.620. The molecule has 0 amide bonds. The van der Waals surface area contributed by atoms with Crippen molar-refractivity contribution in [3.8, 4) is 0 Å². The number of hydrogen-bond donors (Lipinski definition) is 0. The van der Waals surface area contributed by atoms with Crippen LogP contribution < -0.4 is 0 Å². The zero-order valence-corrected chi connectivity index (χ0v) is 10.4. The van der Waals surface area contributed by atoms with Gasteiger partial charge in [-0.25, -0.2) is 0 Å². The molecule has 1 heterocycles. The van der Waals surface area contributed by atoms with Gasteiger partial charge in [0.05, 0.1) is 5.76 Å². The van der Waals surface area contributed by atoms with Crippen LogP contribution in [0.15, 0.2) is 23.8 Å². The van der Waals surface area contributed by atoms with E-state index in [2.05, 4.69) is 27.7 Å². The lowest BCUT2D eigenvalue weighted by molar-refractivity contribution is 0.388. The topological polar surface area (TPSA) is 9.23 Å². The summed E-state index contributed by atoms with van der Waals surface area (Å²) in [5, 5.41) is 0.386. The van der Waals surface area contributed by atoms with Crippen LogP contribution in [0.3, 0.4) is 0 Å². The van der Waals surface area contributed by atoms with Gasteiger partial charge in [-0.15, -0.1) is 5.98 Å². The maximum atomic E-state index is 5.81.